The van der Waals surface area contributed by atoms with Crippen molar-refractivity contribution in [3.8, 4) is 0 Å². The monoisotopic (exact) mass is 313 g/mol. The first-order valence-corrected chi connectivity index (χ1v) is 7.76. The molecule has 112 valence electrons. The number of hydrogen-bond donors (Lipinski definition) is 0. The smallest absolute Gasteiger partial charge is 0.338 e. The van der Waals surface area contributed by atoms with Crippen LogP contribution in [0, 0.1) is 0 Å². The van der Waals surface area contributed by atoms with Gasteiger partial charge in [-0.05, 0) is 24.3 Å². The molecule has 0 N–H and O–H groups in total. The minimum atomic E-state index is -0.351. The van der Waals surface area contributed by atoms with E-state index in [0.717, 1.165) is 21.5 Å². The van der Waals surface area contributed by atoms with Gasteiger partial charge in [0.15, 0.2) is 0 Å². The summed E-state index contributed by atoms with van der Waals surface area (Å²) in [5.41, 5.74) is 3.04. The molecule has 0 radical (unpaired) electrons. The number of methoxy groups -OCH3 is 1. The second kappa shape index (κ2) is 6.19. The number of thioether (sulfide) groups is 1. The number of aromatic nitrogens is 3. The largest absolute Gasteiger partial charge is 0.465 e. The van der Waals surface area contributed by atoms with Gasteiger partial charge in [-0.2, -0.15) is 0 Å². The van der Waals surface area contributed by atoms with E-state index in [1.165, 1.54) is 7.11 Å². The van der Waals surface area contributed by atoms with E-state index in [4.69, 9.17) is 4.74 Å². The lowest BCUT2D eigenvalue weighted by atomic mass is 10.1. The van der Waals surface area contributed by atoms with E-state index in [9.17, 15) is 4.79 Å². The third-order valence-corrected chi connectivity index (χ3v) is 4.46. The number of fused-ring (bicyclic) bond motifs is 1. The lowest BCUT2D eigenvalue weighted by molar-refractivity contribution is 0.0600. The summed E-state index contributed by atoms with van der Waals surface area (Å²) in [6.07, 6.45) is 0. The standard InChI is InChI=1S/C16H15N3O2S/c1-19-14-9-8-12(16(20)21-2)13(15(14)17-18-19)10-22-11-6-4-3-5-7-11/h3-9H,10H2,1-2H3. The summed E-state index contributed by atoms with van der Waals surface area (Å²) in [6.45, 7) is 0. The van der Waals surface area contributed by atoms with E-state index < -0.39 is 0 Å². The molecule has 1 aromatic heterocycles. The van der Waals surface area contributed by atoms with Crippen molar-refractivity contribution < 1.29 is 9.53 Å². The molecule has 3 aromatic rings. The van der Waals surface area contributed by atoms with Gasteiger partial charge in [0, 0.05) is 23.3 Å². The average Bonchev–Trinajstić information content (AvgIpc) is 2.94. The van der Waals surface area contributed by atoms with Crippen molar-refractivity contribution in [3.05, 3.63) is 53.6 Å². The summed E-state index contributed by atoms with van der Waals surface area (Å²) in [6, 6.07) is 13.7. The molecular formula is C16H15N3O2S. The number of hydrogen-bond acceptors (Lipinski definition) is 5. The van der Waals surface area contributed by atoms with E-state index >= 15 is 0 Å². The van der Waals surface area contributed by atoms with Gasteiger partial charge >= 0.3 is 5.97 Å². The summed E-state index contributed by atoms with van der Waals surface area (Å²) in [7, 11) is 3.22. The van der Waals surface area contributed by atoms with Crippen LogP contribution in [-0.4, -0.2) is 28.1 Å². The lowest BCUT2D eigenvalue weighted by Crippen LogP contribution is -2.06. The molecule has 0 aliphatic heterocycles. The minimum Gasteiger partial charge on any atom is -0.465 e. The predicted octanol–water partition coefficient (Wildman–Crippen LogP) is 3.05. The van der Waals surface area contributed by atoms with Gasteiger partial charge in [0.2, 0.25) is 0 Å². The Morgan fingerprint density at radius 3 is 2.73 bits per heavy atom. The molecule has 1 heterocycles. The Balaban J connectivity index is 2.02. The van der Waals surface area contributed by atoms with Crippen LogP contribution in [0.5, 0.6) is 0 Å². The van der Waals surface area contributed by atoms with E-state index in [2.05, 4.69) is 10.3 Å². The van der Waals surface area contributed by atoms with Crippen LogP contribution < -0.4 is 0 Å². The highest BCUT2D eigenvalue weighted by Crippen LogP contribution is 2.29. The summed E-state index contributed by atoms with van der Waals surface area (Å²) in [5, 5.41) is 8.24. The second-order valence-corrected chi connectivity index (χ2v) is 5.81. The average molecular weight is 313 g/mol. The number of esters is 1. The van der Waals surface area contributed by atoms with Crippen molar-refractivity contribution in [2.24, 2.45) is 7.05 Å². The Kier molecular flexibility index (Phi) is 4.11. The van der Waals surface area contributed by atoms with Gasteiger partial charge in [-0.3, -0.25) is 0 Å². The molecule has 0 saturated heterocycles. The molecule has 2 aromatic carbocycles. The highest BCUT2D eigenvalue weighted by Gasteiger charge is 2.18. The van der Waals surface area contributed by atoms with Crippen LogP contribution in [-0.2, 0) is 17.5 Å². The SMILES string of the molecule is COC(=O)c1ccc2c(nnn2C)c1CSc1ccccc1. The van der Waals surface area contributed by atoms with Crippen molar-refractivity contribution in [2.75, 3.05) is 7.11 Å². The van der Waals surface area contributed by atoms with E-state index in [1.807, 2.05) is 43.4 Å². The van der Waals surface area contributed by atoms with E-state index in [1.54, 1.807) is 22.5 Å². The Morgan fingerprint density at radius 2 is 2.00 bits per heavy atom. The summed E-state index contributed by atoms with van der Waals surface area (Å²) in [4.78, 5) is 13.1. The van der Waals surface area contributed by atoms with Crippen LogP contribution in [0.2, 0.25) is 0 Å². The van der Waals surface area contributed by atoms with Crippen LogP contribution in [0.3, 0.4) is 0 Å². The molecule has 0 aliphatic carbocycles. The zero-order valence-electron chi connectivity index (χ0n) is 12.3. The van der Waals surface area contributed by atoms with Crippen LogP contribution in [0.25, 0.3) is 11.0 Å². The summed E-state index contributed by atoms with van der Waals surface area (Å²) >= 11 is 1.65. The molecule has 0 amide bonds. The molecule has 0 saturated carbocycles. The second-order valence-electron chi connectivity index (χ2n) is 4.77. The third kappa shape index (κ3) is 2.69. The maximum absolute atomic E-state index is 12.0. The van der Waals surface area contributed by atoms with Gasteiger partial charge in [0.1, 0.15) is 5.52 Å². The third-order valence-electron chi connectivity index (χ3n) is 3.42. The summed E-state index contributed by atoms with van der Waals surface area (Å²) in [5.74, 6) is 0.279. The van der Waals surface area contributed by atoms with Gasteiger partial charge in [-0.15, -0.1) is 16.9 Å². The Labute approximate surface area is 132 Å². The van der Waals surface area contributed by atoms with E-state index in [-0.39, 0.29) is 5.97 Å². The molecule has 0 aliphatic rings. The fourth-order valence-electron chi connectivity index (χ4n) is 2.28. The number of carbonyl (C=O) groups excluding carboxylic acids is 1. The van der Waals surface area contributed by atoms with Gasteiger partial charge in [0.25, 0.3) is 0 Å². The number of ether oxygens (including phenoxy) is 1. The maximum atomic E-state index is 12.0. The topological polar surface area (TPSA) is 57.0 Å². The van der Waals surface area contributed by atoms with Gasteiger partial charge in [-0.1, -0.05) is 23.4 Å². The highest BCUT2D eigenvalue weighted by molar-refractivity contribution is 7.98. The molecule has 6 heteroatoms. The number of benzene rings is 2. The van der Waals surface area contributed by atoms with Crippen molar-refractivity contribution in [2.45, 2.75) is 10.6 Å². The first-order chi connectivity index (χ1) is 10.7. The van der Waals surface area contributed by atoms with Gasteiger partial charge in [0.05, 0.1) is 18.2 Å². The summed E-state index contributed by atoms with van der Waals surface area (Å²) < 4.78 is 6.58. The molecule has 0 spiro atoms. The quantitative estimate of drug-likeness (QED) is 0.547. The normalized spacial score (nSPS) is 10.8. The molecule has 5 nitrogen and oxygen atoms in total. The first kappa shape index (κ1) is 14.6. The van der Waals surface area contributed by atoms with Crippen molar-refractivity contribution in [3.63, 3.8) is 0 Å². The van der Waals surface area contributed by atoms with Crippen LogP contribution in [0.1, 0.15) is 15.9 Å². The predicted molar refractivity (Wildman–Crippen MR) is 85.9 cm³/mol. The molecule has 0 unspecified atom stereocenters. The fourth-order valence-corrected chi connectivity index (χ4v) is 3.23. The van der Waals surface area contributed by atoms with Crippen molar-refractivity contribution in [1.82, 2.24) is 15.0 Å². The molecule has 0 fully saturated rings. The maximum Gasteiger partial charge on any atom is 0.338 e. The van der Waals surface area contributed by atoms with Crippen LogP contribution in [0.4, 0.5) is 0 Å². The number of aryl methyl sites for hydroxylation is 1. The van der Waals surface area contributed by atoms with Crippen molar-refractivity contribution in [1.29, 1.82) is 0 Å². The minimum absolute atomic E-state index is 0.351. The van der Waals surface area contributed by atoms with Crippen molar-refractivity contribution >= 4 is 28.8 Å². The zero-order chi connectivity index (χ0) is 15.5. The van der Waals surface area contributed by atoms with Crippen LogP contribution >= 0.6 is 11.8 Å². The first-order valence-electron chi connectivity index (χ1n) is 6.78. The Hall–Kier alpha value is -2.34. The molecule has 3 rings (SSSR count). The Morgan fingerprint density at radius 1 is 1.23 bits per heavy atom. The molecule has 0 bridgehead atoms. The molecule has 0 atom stereocenters. The fraction of sp³-hybridized carbons (Fsp3) is 0.188. The van der Waals surface area contributed by atoms with Gasteiger partial charge in [-0.25, -0.2) is 9.48 Å². The zero-order valence-corrected chi connectivity index (χ0v) is 13.1. The molecule has 22 heavy (non-hydrogen) atoms. The number of carbonyl (C=O) groups is 1. The van der Waals surface area contributed by atoms with Crippen LogP contribution in [0.15, 0.2) is 47.4 Å². The molecular weight excluding hydrogens is 298 g/mol. The Bertz CT molecular complexity index is 815. The lowest BCUT2D eigenvalue weighted by Gasteiger charge is -2.08. The number of rotatable bonds is 4. The highest BCUT2D eigenvalue weighted by atomic mass is 32.2. The number of nitrogens with zero attached hydrogens (tertiary/aromatic N) is 3. The van der Waals surface area contributed by atoms with Gasteiger partial charge < -0.3 is 4.74 Å². The van der Waals surface area contributed by atoms with E-state index in [0.29, 0.717) is 11.3 Å².